The van der Waals surface area contributed by atoms with Gasteiger partial charge in [0.15, 0.2) is 0 Å². The second kappa shape index (κ2) is 6.87. The van der Waals surface area contributed by atoms with Crippen molar-refractivity contribution in [2.24, 2.45) is 0 Å². The Balaban J connectivity index is 2.09. The monoisotopic (exact) mass is 389 g/mol. The van der Waals surface area contributed by atoms with Crippen molar-refractivity contribution in [3.63, 3.8) is 0 Å². The molecule has 0 bridgehead atoms. The van der Waals surface area contributed by atoms with Gasteiger partial charge in [-0.25, -0.2) is 18.4 Å². The van der Waals surface area contributed by atoms with E-state index in [9.17, 15) is 14.0 Å². The molecule has 0 fully saturated rings. The fourth-order valence-corrected chi connectivity index (χ4v) is 3.28. The van der Waals surface area contributed by atoms with Gasteiger partial charge in [-0.15, -0.1) is 6.42 Å². The number of fused-ring (bicyclic) bond motifs is 1. The third-order valence-corrected chi connectivity index (χ3v) is 4.64. The molecule has 3 aromatic heterocycles. The Morgan fingerprint density at radius 2 is 1.97 bits per heavy atom. The number of halogens is 1. The molecule has 3 heterocycles. The first-order valence-corrected chi connectivity index (χ1v) is 8.78. The number of rotatable bonds is 3. The molecule has 1 aromatic carbocycles. The first-order valence-electron chi connectivity index (χ1n) is 8.78. The molecule has 0 radical (unpaired) electrons. The van der Waals surface area contributed by atoms with Gasteiger partial charge in [-0.1, -0.05) is 5.92 Å². The molecular formula is C21H16FN5O2. The summed E-state index contributed by atoms with van der Waals surface area (Å²) in [5.41, 5.74) is 1.02. The Morgan fingerprint density at radius 3 is 2.69 bits per heavy atom. The van der Waals surface area contributed by atoms with Crippen LogP contribution in [0.4, 0.5) is 4.39 Å². The molecule has 0 atom stereocenters. The van der Waals surface area contributed by atoms with E-state index in [0.717, 1.165) is 10.1 Å². The number of terminal acetylenes is 1. The molecule has 7 nitrogen and oxygen atoms in total. The van der Waals surface area contributed by atoms with Crippen LogP contribution in [0.25, 0.3) is 22.3 Å². The zero-order valence-corrected chi connectivity index (χ0v) is 15.8. The number of benzene rings is 1. The molecule has 144 valence electrons. The predicted molar refractivity (Wildman–Crippen MR) is 107 cm³/mol. The lowest BCUT2D eigenvalue weighted by Crippen LogP contribution is -2.42. The number of aryl methyl sites for hydroxylation is 1. The van der Waals surface area contributed by atoms with Crippen molar-refractivity contribution in [2.75, 3.05) is 0 Å². The van der Waals surface area contributed by atoms with E-state index in [1.807, 2.05) is 6.92 Å². The van der Waals surface area contributed by atoms with Crippen LogP contribution in [0.5, 0.6) is 0 Å². The Bertz CT molecular complexity index is 1420. The van der Waals surface area contributed by atoms with Crippen LogP contribution >= 0.6 is 0 Å². The summed E-state index contributed by atoms with van der Waals surface area (Å²) in [5, 5.41) is 4.91. The maximum Gasteiger partial charge on any atom is 0.336 e. The van der Waals surface area contributed by atoms with E-state index in [4.69, 9.17) is 6.42 Å². The molecule has 0 N–H and O–H groups in total. The Hall–Kier alpha value is -3.99. The quantitative estimate of drug-likeness (QED) is 0.503. The van der Waals surface area contributed by atoms with Crippen LogP contribution in [0.15, 0.2) is 52.4 Å². The summed E-state index contributed by atoms with van der Waals surface area (Å²) in [4.78, 5) is 30.5. The average Bonchev–Trinajstić information content (AvgIpc) is 3.08. The Kier molecular flexibility index (Phi) is 4.35. The number of hydrogen-bond acceptors (Lipinski definition) is 4. The highest BCUT2D eigenvalue weighted by Crippen LogP contribution is 2.17. The summed E-state index contributed by atoms with van der Waals surface area (Å²) in [7, 11) is 0. The molecule has 0 unspecified atom stereocenters. The van der Waals surface area contributed by atoms with Crippen LogP contribution in [0.1, 0.15) is 11.3 Å². The first-order chi connectivity index (χ1) is 13.9. The van der Waals surface area contributed by atoms with Crippen molar-refractivity contribution >= 4 is 10.9 Å². The van der Waals surface area contributed by atoms with Crippen LogP contribution in [0.3, 0.4) is 0 Å². The summed E-state index contributed by atoms with van der Waals surface area (Å²) in [6, 6.07) is 5.83. The minimum atomic E-state index is -0.568. The lowest BCUT2D eigenvalue weighted by molar-refractivity contribution is 0.629. The average molecular weight is 389 g/mol. The van der Waals surface area contributed by atoms with Gasteiger partial charge in [0.05, 0.1) is 29.6 Å². The van der Waals surface area contributed by atoms with Gasteiger partial charge in [0.2, 0.25) is 0 Å². The van der Waals surface area contributed by atoms with Crippen LogP contribution in [-0.4, -0.2) is 23.9 Å². The fourth-order valence-electron chi connectivity index (χ4n) is 3.28. The van der Waals surface area contributed by atoms with E-state index < -0.39 is 17.1 Å². The Morgan fingerprint density at radius 1 is 1.17 bits per heavy atom. The highest BCUT2D eigenvalue weighted by Gasteiger charge is 2.20. The Labute approximate surface area is 164 Å². The zero-order valence-electron chi connectivity index (χ0n) is 15.8. The highest BCUT2D eigenvalue weighted by atomic mass is 19.1. The molecule has 0 amide bonds. The minimum absolute atomic E-state index is 0.0212. The maximum atomic E-state index is 13.6. The van der Waals surface area contributed by atoms with Gasteiger partial charge in [-0.3, -0.25) is 14.3 Å². The highest BCUT2D eigenvalue weighted by molar-refractivity contribution is 5.78. The predicted octanol–water partition coefficient (Wildman–Crippen LogP) is 2.12. The molecule has 0 saturated carbocycles. The van der Waals surface area contributed by atoms with Crippen molar-refractivity contribution in [2.45, 2.75) is 20.4 Å². The second-order valence-electron chi connectivity index (χ2n) is 6.64. The van der Waals surface area contributed by atoms with Gasteiger partial charge in [0, 0.05) is 17.8 Å². The molecule has 4 rings (SSSR count). The SMILES string of the molecule is C#CCn1c(C)c(-n2cc3cc(F)ccc3n2)c(=O)n(-c2cncc(C)c2)c1=O. The number of aromatic nitrogens is 5. The molecule has 0 spiro atoms. The van der Waals surface area contributed by atoms with E-state index in [1.165, 1.54) is 33.6 Å². The van der Waals surface area contributed by atoms with Gasteiger partial charge in [0.1, 0.15) is 11.5 Å². The molecule has 29 heavy (non-hydrogen) atoms. The van der Waals surface area contributed by atoms with Crippen molar-refractivity contribution in [3.05, 3.63) is 80.8 Å². The minimum Gasteiger partial charge on any atom is -0.284 e. The van der Waals surface area contributed by atoms with E-state index in [1.54, 1.807) is 25.4 Å². The van der Waals surface area contributed by atoms with Crippen molar-refractivity contribution in [1.29, 1.82) is 0 Å². The molecule has 8 heteroatoms. The standard InChI is InChI=1S/C21H16FN5O2/c1-4-7-25-14(3)19(26-12-15-9-16(22)5-6-18(15)24-26)20(28)27(21(25)29)17-8-13(2)10-23-11-17/h1,5-6,8-12H,7H2,2-3H3. The summed E-state index contributed by atoms with van der Waals surface area (Å²) in [6.07, 6.45) is 10.0. The van der Waals surface area contributed by atoms with Crippen molar-refractivity contribution in [1.82, 2.24) is 23.9 Å². The smallest absolute Gasteiger partial charge is 0.284 e. The molecule has 4 aromatic rings. The van der Waals surface area contributed by atoms with E-state index in [-0.39, 0.29) is 12.2 Å². The lowest BCUT2D eigenvalue weighted by atomic mass is 10.2. The summed E-state index contributed by atoms with van der Waals surface area (Å²) in [5.74, 6) is 2.03. The van der Waals surface area contributed by atoms with Gasteiger partial charge in [-0.2, -0.15) is 5.10 Å². The summed E-state index contributed by atoms with van der Waals surface area (Å²) >= 11 is 0. The maximum absolute atomic E-state index is 13.6. The van der Waals surface area contributed by atoms with Crippen molar-refractivity contribution < 1.29 is 4.39 Å². The van der Waals surface area contributed by atoms with E-state index >= 15 is 0 Å². The zero-order chi connectivity index (χ0) is 20.7. The van der Waals surface area contributed by atoms with Crippen molar-refractivity contribution in [3.8, 4) is 23.7 Å². The lowest BCUT2D eigenvalue weighted by Gasteiger charge is -2.15. The van der Waals surface area contributed by atoms with E-state index in [0.29, 0.717) is 22.3 Å². The molecule has 0 aliphatic heterocycles. The van der Waals surface area contributed by atoms with Gasteiger partial charge in [0.25, 0.3) is 5.56 Å². The fraction of sp³-hybridized carbons (Fsp3) is 0.143. The number of nitrogens with zero attached hydrogens (tertiary/aromatic N) is 5. The third-order valence-electron chi connectivity index (χ3n) is 4.64. The molecule has 0 aliphatic rings. The topological polar surface area (TPSA) is 74.7 Å². The molecular weight excluding hydrogens is 373 g/mol. The number of pyridine rings is 1. The van der Waals surface area contributed by atoms with Gasteiger partial charge in [-0.05, 0) is 43.7 Å². The first kappa shape index (κ1) is 18.4. The second-order valence-corrected chi connectivity index (χ2v) is 6.64. The van der Waals surface area contributed by atoms with Crippen LogP contribution in [-0.2, 0) is 6.54 Å². The van der Waals surface area contributed by atoms with E-state index in [2.05, 4.69) is 16.0 Å². The molecule has 0 aliphatic carbocycles. The van der Waals surface area contributed by atoms with Crippen LogP contribution < -0.4 is 11.2 Å². The van der Waals surface area contributed by atoms with Gasteiger partial charge < -0.3 is 0 Å². The largest absolute Gasteiger partial charge is 0.336 e. The third kappa shape index (κ3) is 3.02. The number of hydrogen-bond donors (Lipinski definition) is 0. The summed E-state index contributed by atoms with van der Waals surface area (Å²) < 4.78 is 17.3. The normalized spacial score (nSPS) is 11.0. The summed E-state index contributed by atoms with van der Waals surface area (Å²) in [6.45, 7) is 3.42. The van der Waals surface area contributed by atoms with Gasteiger partial charge >= 0.3 is 5.69 Å². The van der Waals surface area contributed by atoms with Crippen LogP contribution in [0, 0.1) is 32.0 Å². The van der Waals surface area contributed by atoms with Crippen LogP contribution in [0.2, 0.25) is 0 Å². The molecule has 0 saturated heterocycles.